The summed E-state index contributed by atoms with van der Waals surface area (Å²) >= 11 is 6.04. The van der Waals surface area contributed by atoms with Crippen LogP contribution in [0.2, 0.25) is 5.02 Å². The first kappa shape index (κ1) is 23.5. The van der Waals surface area contributed by atoms with Crippen LogP contribution in [0.25, 0.3) is 0 Å². The monoisotopic (exact) mass is 470 g/mol. The number of fused-ring (bicyclic) bond motifs is 1. The number of benzene rings is 2. The van der Waals surface area contributed by atoms with Crippen molar-refractivity contribution in [3.8, 4) is 5.75 Å². The van der Waals surface area contributed by atoms with Crippen molar-refractivity contribution in [1.29, 1.82) is 0 Å². The molecule has 0 aromatic heterocycles. The van der Waals surface area contributed by atoms with Crippen molar-refractivity contribution in [2.75, 3.05) is 29.4 Å². The Kier molecular flexibility index (Phi) is 6.93. The molecule has 2 atom stereocenters. The maximum Gasteiger partial charge on any atom is 0.419 e. The van der Waals surface area contributed by atoms with Gasteiger partial charge in [-0.2, -0.15) is 0 Å². The van der Waals surface area contributed by atoms with Gasteiger partial charge in [0.05, 0.1) is 17.4 Å². The van der Waals surface area contributed by atoms with Crippen LogP contribution in [0.5, 0.6) is 5.75 Å². The number of hydrogen-bond donors (Lipinski definition) is 2. The molecule has 33 heavy (non-hydrogen) atoms. The average Bonchev–Trinajstić information content (AvgIpc) is 3.59. The maximum absolute atomic E-state index is 13.3. The van der Waals surface area contributed by atoms with Gasteiger partial charge in [0.1, 0.15) is 5.75 Å². The fraction of sp³-hybridized carbons (Fsp3) is 0.440. The summed E-state index contributed by atoms with van der Waals surface area (Å²) in [5, 5.41) is 4.12. The van der Waals surface area contributed by atoms with Gasteiger partial charge in [-0.15, -0.1) is 0 Å². The summed E-state index contributed by atoms with van der Waals surface area (Å²) in [6, 6.07) is 11.4. The van der Waals surface area contributed by atoms with E-state index in [9.17, 15) is 9.59 Å². The molecule has 4 rings (SSSR count). The molecule has 2 amide bonds. The van der Waals surface area contributed by atoms with Crippen molar-refractivity contribution in [1.82, 2.24) is 5.32 Å². The quantitative estimate of drug-likeness (QED) is 0.660. The van der Waals surface area contributed by atoms with Crippen LogP contribution in [-0.4, -0.2) is 43.7 Å². The molecule has 2 aromatic rings. The van der Waals surface area contributed by atoms with Gasteiger partial charge >= 0.3 is 6.09 Å². The Balaban J connectivity index is 1.67. The Bertz CT molecular complexity index is 1060. The number of amides is 2. The fourth-order valence-corrected chi connectivity index (χ4v) is 4.59. The number of carbonyl (C=O) groups excluding carboxylic acids is 2. The molecule has 3 N–H and O–H groups in total. The van der Waals surface area contributed by atoms with Gasteiger partial charge in [0.2, 0.25) is 5.91 Å². The smallest absolute Gasteiger partial charge is 0.410 e. The third-order valence-electron chi connectivity index (χ3n) is 6.32. The van der Waals surface area contributed by atoms with E-state index in [2.05, 4.69) is 5.32 Å². The highest BCUT2D eigenvalue weighted by Gasteiger charge is 2.35. The average molecular weight is 471 g/mol. The van der Waals surface area contributed by atoms with Gasteiger partial charge in [-0.25, -0.2) is 4.79 Å². The minimum absolute atomic E-state index is 0.0659. The van der Waals surface area contributed by atoms with E-state index in [1.54, 1.807) is 34.9 Å². The van der Waals surface area contributed by atoms with E-state index in [1.165, 1.54) is 12.8 Å². The Labute approximate surface area is 199 Å². The number of hydrogen-bond acceptors (Lipinski definition) is 5. The van der Waals surface area contributed by atoms with Crippen LogP contribution in [0, 0.1) is 6.92 Å². The molecule has 2 aliphatic rings. The van der Waals surface area contributed by atoms with E-state index in [4.69, 9.17) is 22.1 Å². The Hall–Kier alpha value is -2.61. The van der Waals surface area contributed by atoms with Crippen molar-refractivity contribution in [2.45, 2.75) is 51.6 Å². The molecule has 176 valence electrons. The molecular weight excluding hydrogens is 440 g/mol. The minimum Gasteiger partial charge on any atom is -0.410 e. The van der Waals surface area contributed by atoms with Crippen molar-refractivity contribution in [3.63, 3.8) is 0 Å². The second kappa shape index (κ2) is 9.71. The molecular formula is C25H31ClN4O3. The highest BCUT2D eigenvalue weighted by atomic mass is 35.5. The van der Waals surface area contributed by atoms with Crippen LogP contribution in [0.3, 0.4) is 0 Å². The zero-order chi connectivity index (χ0) is 23.7. The third kappa shape index (κ3) is 5.16. The van der Waals surface area contributed by atoms with E-state index < -0.39 is 6.09 Å². The molecule has 0 spiro atoms. The number of nitrogens with one attached hydrogen (secondary N) is 1. The van der Waals surface area contributed by atoms with Gasteiger partial charge in [0.15, 0.2) is 0 Å². The highest BCUT2D eigenvalue weighted by Crippen LogP contribution is 2.38. The number of nitrogens with zero attached hydrogens (tertiary/aromatic N) is 2. The number of carbonyl (C=O) groups is 2. The molecule has 1 aliphatic carbocycles. The standard InChI is InChI=1S/C25H31ClN4O3/c1-15-10-20(26)5-9-24(15)33-25(32)29-14-16(2)30(17(3)31)22-8-4-18(11-23(22)29)19(12-27)13-28-21-6-7-21/h4-5,8-11,16,19,21,28H,6-7,12-14,27H2,1-3H3/t16-,19?/m0/s1. The third-order valence-corrected chi connectivity index (χ3v) is 6.55. The lowest BCUT2D eigenvalue weighted by Gasteiger charge is -2.40. The second-order valence-electron chi connectivity index (χ2n) is 8.99. The van der Waals surface area contributed by atoms with Crippen molar-refractivity contribution in [3.05, 3.63) is 52.5 Å². The first-order chi connectivity index (χ1) is 15.8. The molecule has 0 saturated heterocycles. The van der Waals surface area contributed by atoms with Crippen LogP contribution in [0.15, 0.2) is 36.4 Å². The lowest BCUT2D eigenvalue weighted by molar-refractivity contribution is -0.117. The number of halogens is 1. The molecule has 1 heterocycles. The van der Waals surface area contributed by atoms with Gasteiger partial charge in [0, 0.05) is 43.5 Å². The predicted molar refractivity (Wildman–Crippen MR) is 131 cm³/mol. The van der Waals surface area contributed by atoms with Crippen molar-refractivity contribution < 1.29 is 14.3 Å². The van der Waals surface area contributed by atoms with Gasteiger partial charge in [-0.3, -0.25) is 9.69 Å². The molecule has 1 saturated carbocycles. The van der Waals surface area contributed by atoms with Crippen LogP contribution in [0.1, 0.15) is 43.7 Å². The Morgan fingerprint density at radius 2 is 1.97 bits per heavy atom. The molecule has 1 fully saturated rings. The Morgan fingerprint density at radius 1 is 1.21 bits per heavy atom. The predicted octanol–water partition coefficient (Wildman–Crippen LogP) is 4.20. The molecule has 8 heteroatoms. The topological polar surface area (TPSA) is 87.9 Å². The number of ether oxygens (including phenoxy) is 1. The van der Waals surface area contributed by atoms with Gasteiger partial charge < -0.3 is 20.7 Å². The normalized spacial score (nSPS) is 18.6. The van der Waals surface area contributed by atoms with Gasteiger partial charge in [0.25, 0.3) is 0 Å². The lowest BCUT2D eigenvalue weighted by atomic mass is 9.96. The van der Waals surface area contributed by atoms with Crippen LogP contribution in [-0.2, 0) is 4.79 Å². The lowest BCUT2D eigenvalue weighted by Crippen LogP contribution is -2.52. The summed E-state index contributed by atoms with van der Waals surface area (Å²) in [5.74, 6) is 0.499. The minimum atomic E-state index is -0.491. The number of aryl methyl sites for hydroxylation is 1. The molecule has 2 aromatic carbocycles. The van der Waals surface area contributed by atoms with E-state index >= 15 is 0 Å². The van der Waals surface area contributed by atoms with Crippen LogP contribution in [0.4, 0.5) is 16.2 Å². The largest absolute Gasteiger partial charge is 0.419 e. The SMILES string of the molecule is CC(=O)N1c2ccc(C(CN)CNC3CC3)cc2N(C(=O)Oc2ccc(Cl)cc2C)C[C@@H]1C. The second-order valence-corrected chi connectivity index (χ2v) is 9.43. The molecule has 7 nitrogen and oxygen atoms in total. The summed E-state index contributed by atoms with van der Waals surface area (Å²) < 4.78 is 5.74. The summed E-state index contributed by atoms with van der Waals surface area (Å²) in [5.41, 5.74) is 9.24. The van der Waals surface area contributed by atoms with E-state index in [0.717, 1.165) is 17.7 Å². The number of nitrogens with two attached hydrogens (primary N) is 1. The molecule has 0 bridgehead atoms. The van der Waals surface area contributed by atoms with Gasteiger partial charge in [-0.05, 0) is 68.1 Å². The summed E-state index contributed by atoms with van der Waals surface area (Å²) in [6.45, 7) is 6.90. The number of anilines is 2. The Morgan fingerprint density at radius 3 is 2.61 bits per heavy atom. The van der Waals surface area contributed by atoms with Gasteiger partial charge in [-0.1, -0.05) is 17.7 Å². The zero-order valence-electron chi connectivity index (χ0n) is 19.3. The van der Waals surface area contributed by atoms with E-state index in [-0.39, 0.29) is 17.9 Å². The first-order valence-corrected chi connectivity index (χ1v) is 11.8. The highest BCUT2D eigenvalue weighted by molar-refractivity contribution is 6.30. The van der Waals surface area contributed by atoms with Crippen molar-refractivity contribution in [2.24, 2.45) is 5.73 Å². The summed E-state index contributed by atoms with van der Waals surface area (Å²) in [7, 11) is 0. The first-order valence-electron chi connectivity index (χ1n) is 11.4. The summed E-state index contributed by atoms with van der Waals surface area (Å²) in [4.78, 5) is 29.1. The summed E-state index contributed by atoms with van der Waals surface area (Å²) in [6.07, 6.45) is 1.92. The number of rotatable bonds is 6. The molecule has 1 unspecified atom stereocenters. The van der Waals surface area contributed by atoms with Crippen molar-refractivity contribution >= 4 is 35.0 Å². The van der Waals surface area contributed by atoms with E-state index in [0.29, 0.717) is 41.3 Å². The zero-order valence-corrected chi connectivity index (χ0v) is 20.1. The van der Waals surface area contributed by atoms with E-state index in [1.807, 2.05) is 32.0 Å². The maximum atomic E-state index is 13.3. The van der Waals surface area contributed by atoms with Crippen LogP contribution >= 0.6 is 11.6 Å². The van der Waals surface area contributed by atoms with Crippen LogP contribution < -0.4 is 25.6 Å². The molecule has 1 aliphatic heterocycles. The fourth-order valence-electron chi connectivity index (χ4n) is 4.36. The molecule has 0 radical (unpaired) electrons.